The largest absolute Gasteiger partial charge is 0.299 e. The van der Waals surface area contributed by atoms with E-state index in [0.29, 0.717) is 29.3 Å². The van der Waals surface area contributed by atoms with E-state index >= 15 is 0 Å². The van der Waals surface area contributed by atoms with Gasteiger partial charge < -0.3 is 0 Å². The van der Waals surface area contributed by atoms with Crippen LogP contribution in [0.15, 0.2) is 36.4 Å². The van der Waals surface area contributed by atoms with E-state index in [9.17, 15) is 24.5 Å². The second-order valence-electron chi connectivity index (χ2n) is 7.58. The Morgan fingerprint density at radius 3 is 2.33 bits per heavy atom. The molecular formula is C20H16N2O5. The topological polar surface area (TPSA) is 97.6 Å². The third kappa shape index (κ3) is 2.05. The maximum absolute atomic E-state index is 13.2. The van der Waals surface area contributed by atoms with Crippen LogP contribution in [0.1, 0.15) is 19.3 Å². The number of imide groups is 1. The molecule has 0 radical (unpaired) electrons. The molecule has 4 fully saturated rings. The van der Waals surface area contributed by atoms with E-state index in [0.717, 1.165) is 6.42 Å². The highest BCUT2D eigenvalue weighted by atomic mass is 16.6. The zero-order chi connectivity index (χ0) is 18.9. The third-order valence-corrected chi connectivity index (χ3v) is 6.38. The lowest BCUT2D eigenvalue weighted by atomic mass is 9.59. The number of nitrogens with zero attached hydrogens (tertiary/aromatic N) is 2. The van der Waals surface area contributed by atoms with Gasteiger partial charge in [0.05, 0.1) is 27.8 Å². The SMILES string of the molecule is O=C1C[C@H]2CC[C@@H]1[C@H]1C(=O)N(c3ccc([N+](=O)[O-])c4ccccc34)C(=O)[C@@H]21. The average Bonchev–Trinajstić information content (AvgIpc) is 2.93. The van der Waals surface area contributed by atoms with Crippen molar-refractivity contribution in [3.63, 3.8) is 0 Å². The second-order valence-corrected chi connectivity index (χ2v) is 7.58. The van der Waals surface area contributed by atoms with E-state index in [-0.39, 0.29) is 35.1 Å². The highest BCUT2D eigenvalue weighted by Gasteiger charge is 2.61. The number of non-ortho nitro benzene ring substituents is 1. The van der Waals surface area contributed by atoms with Crippen molar-refractivity contribution in [2.75, 3.05) is 4.90 Å². The van der Waals surface area contributed by atoms with Gasteiger partial charge in [-0.05, 0) is 30.9 Å². The lowest BCUT2D eigenvalue weighted by Crippen LogP contribution is -2.46. The molecule has 2 aromatic carbocycles. The molecular weight excluding hydrogens is 348 g/mol. The molecule has 1 heterocycles. The molecule has 0 unspecified atom stereocenters. The maximum atomic E-state index is 13.2. The molecule has 7 heteroatoms. The Balaban J connectivity index is 1.67. The summed E-state index contributed by atoms with van der Waals surface area (Å²) in [6.07, 6.45) is 1.84. The Bertz CT molecular complexity index is 1050. The van der Waals surface area contributed by atoms with Gasteiger partial charge in [0.2, 0.25) is 11.8 Å². The van der Waals surface area contributed by atoms with Crippen LogP contribution in [-0.4, -0.2) is 22.5 Å². The van der Waals surface area contributed by atoms with Crippen LogP contribution in [0.2, 0.25) is 0 Å². The fourth-order valence-electron chi connectivity index (χ4n) is 5.24. The highest BCUT2D eigenvalue weighted by Crippen LogP contribution is 2.52. The molecule has 27 heavy (non-hydrogen) atoms. The van der Waals surface area contributed by atoms with Gasteiger partial charge in [0.1, 0.15) is 5.78 Å². The molecule has 0 spiro atoms. The van der Waals surface area contributed by atoms with Gasteiger partial charge in [-0.1, -0.05) is 18.2 Å². The van der Waals surface area contributed by atoms with Gasteiger partial charge >= 0.3 is 0 Å². The van der Waals surface area contributed by atoms with Crippen molar-refractivity contribution in [1.82, 2.24) is 0 Å². The van der Waals surface area contributed by atoms with Crippen molar-refractivity contribution < 1.29 is 19.3 Å². The Labute approximate surface area is 154 Å². The van der Waals surface area contributed by atoms with Crippen LogP contribution < -0.4 is 4.90 Å². The number of hydrogen-bond donors (Lipinski definition) is 0. The maximum Gasteiger partial charge on any atom is 0.277 e. The quantitative estimate of drug-likeness (QED) is 0.464. The molecule has 4 atom stereocenters. The summed E-state index contributed by atoms with van der Waals surface area (Å²) in [5.74, 6) is -1.99. The number of rotatable bonds is 2. The summed E-state index contributed by atoms with van der Waals surface area (Å²) in [5.41, 5.74) is 0.300. The number of carbonyl (C=O) groups excluding carboxylic acids is 3. The van der Waals surface area contributed by atoms with Crippen molar-refractivity contribution in [3.8, 4) is 0 Å². The average molecular weight is 364 g/mol. The predicted molar refractivity (Wildman–Crippen MR) is 95.9 cm³/mol. The van der Waals surface area contributed by atoms with Gasteiger partial charge in [-0.3, -0.25) is 24.5 Å². The molecule has 0 aromatic heterocycles. The minimum absolute atomic E-state index is 0.0684. The first kappa shape index (κ1) is 16.1. The van der Waals surface area contributed by atoms with Crippen LogP contribution >= 0.6 is 0 Å². The van der Waals surface area contributed by atoms with E-state index in [1.165, 1.54) is 17.0 Å². The van der Waals surface area contributed by atoms with Gasteiger partial charge in [-0.25, -0.2) is 4.90 Å². The zero-order valence-electron chi connectivity index (χ0n) is 14.3. The van der Waals surface area contributed by atoms with Crippen LogP contribution in [0.4, 0.5) is 11.4 Å². The van der Waals surface area contributed by atoms with Crippen LogP contribution in [0.3, 0.4) is 0 Å². The van der Waals surface area contributed by atoms with E-state index in [1.807, 2.05) is 0 Å². The van der Waals surface area contributed by atoms with E-state index in [1.54, 1.807) is 24.3 Å². The highest BCUT2D eigenvalue weighted by molar-refractivity contribution is 6.26. The fraction of sp³-hybridized carbons (Fsp3) is 0.350. The Morgan fingerprint density at radius 1 is 0.926 bits per heavy atom. The van der Waals surface area contributed by atoms with Crippen LogP contribution in [0, 0.1) is 33.8 Å². The number of nitro groups is 1. The predicted octanol–water partition coefficient (Wildman–Crippen LogP) is 2.85. The number of hydrogen-bond acceptors (Lipinski definition) is 5. The summed E-state index contributed by atoms with van der Waals surface area (Å²) in [7, 11) is 0. The molecule has 1 saturated heterocycles. The number of benzene rings is 2. The lowest BCUT2D eigenvalue weighted by molar-refractivity contribution is -0.383. The minimum Gasteiger partial charge on any atom is -0.299 e. The van der Waals surface area contributed by atoms with Gasteiger partial charge in [-0.15, -0.1) is 0 Å². The molecule has 1 aliphatic heterocycles. The first-order valence-electron chi connectivity index (χ1n) is 9.05. The van der Waals surface area contributed by atoms with Crippen molar-refractivity contribution >= 4 is 39.7 Å². The van der Waals surface area contributed by atoms with E-state index in [2.05, 4.69) is 0 Å². The summed E-state index contributed by atoms with van der Waals surface area (Å²) in [5, 5.41) is 12.2. The number of anilines is 1. The molecule has 2 amide bonds. The first-order chi connectivity index (χ1) is 13.0. The Morgan fingerprint density at radius 2 is 1.63 bits per heavy atom. The molecule has 3 saturated carbocycles. The molecule has 6 rings (SSSR count). The summed E-state index contributed by atoms with van der Waals surface area (Å²) in [4.78, 5) is 50.6. The molecule has 2 aromatic rings. The van der Waals surface area contributed by atoms with Gasteiger partial charge in [0.15, 0.2) is 0 Å². The van der Waals surface area contributed by atoms with Gasteiger partial charge in [0, 0.05) is 23.8 Å². The normalized spacial score (nSPS) is 29.5. The molecule has 2 bridgehead atoms. The van der Waals surface area contributed by atoms with Crippen molar-refractivity contribution in [1.29, 1.82) is 0 Å². The van der Waals surface area contributed by atoms with Crippen molar-refractivity contribution in [3.05, 3.63) is 46.5 Å². The number of carbonyl (C=O) groups is 3. The second kappa shape index (κ2) is 5.45. The number of amides is 2. The summed E-state index contributed by atoms with van der Waals surface area (Å²) in [6, 6.07) is 9.51. The Hall–Kier alpha value is -3.09. The van der Waals surface area contributed by atoms with Crippen molar-refractivity contribution in [2.45, 2.75) is 19.3 Å². The van der Waals surface area contributed by atoms with Crippen LogP contribution in [-0.2, 0) is 14.4 Å². The summed E-state index contributed by atoms with van der Waals surface area (Å²) >= 11 is 0. The zero-order valence-corrected chi connectivity index (χ0v) is 14.3. The molecule has 7 nitrogen and oxygen atoms in total. The van der Waals surface area contributed by atoms with Crippen LogP contribution in [0.25, 0.3) is 10.8 Å². The molecule has 136 valence electrons. The monoisotopic (exact) mass is 364 g/mol. The number of fused-ring (bicyclic) bond motifs is 3. The third-order valence-electron chi connectivity index (χ3n) is 6.38. The summed E-state index contributed by atoms with van der Waals surface area (Å²) < 4.78 is 0. The van der Waals surface area contributed by atoms with Gasteiger partial charge in [-0.2, -0.15) is 0 Å². The Kier molecular flexibility index (Phi) is 3.25. The molecule has 3 aliphatic carbocycles. The van der Waals surface area contributed by atoms with E-state index < -0.39 is 16.8 Å². The smallest absolute Gasteiger partial charge is 0.277 e. The van der Waals surface area contributed by atoms with Crippen molar-refractivity contribution in [2.24, 2.45) is 23.7 Å². The number of Topliss-reactive ketones (excluding diaryl/α,β-unsaturated/α-hetero) is 1. The summed E-state index contributed by atoms with van der Waals surface area (Å²) in [6.45, 7) is 0. The lowest BCUT2D eigenvalue weighted by Gasteiger charge is -2.41. The van der Waals surface area contributed by atoms with E-state index in [4.69, 9.17) is 0 Å². The number of ketones is 1. The minimum atomic E-state index is -0.577. The van der Waals surface area contributed by atoms with Crippen LogP contribution in [0.5, 0.6) is 0 Å². The number of nitro benzene ring substituents is 1. The fourth-order valence-corrected chi connectivity index (χ4v) is 5.24. The first-order valence-corrected chi connectivity index (χ1v) is 9.05. The van der Waals surface area contributed by atoms with Gasteiger partial charge in [0.25, 0.3) is 5.69 Å². The standard InChI is InChI=1S/C20H16N2O5/c23-16-9-10-5-6-13(16)18-17(10)19(24)21(20(18)25)14-7-8-15(22(26)27)12-4-2-1-3-11(12)14/h1-4,7-8,10,13,17-18H,5-6,9H2/t10-,13+,17+,18-/m1/s1. The molecule has 0 N–H and O–H groups in total. The molecule has 4 aliphatic rings.